The van der Waals surface area contributed by atoms with E-state index in [1.165, 1.54) is 11.0 Å². The van der Waals surface area contributed by atoms with Crippen LogP contribution in [0.3, 0.4) is 0 Å². The van der Waals surface area contributed by atoms with Crippen molar-refractivity contribution in [3.63, 3.8) is 0 Å². The van der Waals surface area contributed by atoms with E-state index < -0.39 is 0 Å². The Labute approximate surface area is 165 Å². The number of carbonyl (C=O) groups excluding carboxylic acids is 1. The number of nitrogens with zero attached hydrogens (tertiary/aromatic N) is 6. The lowest BCUT2D eigenvalue weighted by molar-refractivity contribution is 0.102. The quantitative estimate of drug-likeness (QED) is 0.516. The third kappa shape index (κ3) is 3.12. The van der Waals surface area contributed by atoms with Crippen molar-refractivity contribution in [2.75, 3.05) is 5.32 Å². The van der Waals surface area contributed by atoms with Crippen LogP contribution in [0.2, 0.25) is 0 Å². The molecule has 0 aliphatic carbocycles. The highest BCUT2D eigenvalue weighted by atomic mass is 16.1. The van der Waals surface area contributed by atoms with E-state index in [0.717, 1.165) is 11.2 Å². The average Bonchev–Trinajstić information content (AvgIpc) is 3.43. The molecule has 0 unspecified atom stereocenters. The van der Waals surface area contributed by atoms with E-state index in [4.69, 9.17) is 4.98 Å². The van der Waals surface area contributed by atoms with Gasteiger partial charge in [-0.05, 0) is 40.8 Å². The monoisotopic (exact) mass is 381 g/mol. The van der Waals surface area contributed by atoms with Gasteiger partial charge in [-0.2, -0.15) is 0 Å². The maximum absolute atomic E-state index is 13.0. The van der Waals surface area contributed by atoms with Gasteiger partial charge in [0.2, 0.25) is 0 Å². The van der Waals surface area contributed by atoms with E-state index in [2.05, 4.69) is 20.8 Å². The lowest BCUT2D eigenvalue weighted by atomic mass is 10.1. The molecule has 2 aromatic carbocycles. The number of carbonyl (C=O) groups is 1. The molecule has 5 rings (SSSR count). The highest BCUT2D eigenvalue weighted by Gasteiger charge is 2.17. The summed E-state index contributed by atoms with van der Waals surface area (Å²) in [5.41, 5.74) is 3.58. The van der Waals surface area contributed by atoms with E-state index in [0.29, 0.717) is 22.8 Å². The molecule has 0 aliphatic rings. The second kappa shape index (κ2) is 7.01. The zero-order valence-electron chi connectivity index (χ0n) is 15.2. The number of imidazole rings is 1. The maximum atomic E-state index is 13.0. The number of rotatable bonds is 4. The molecule has 8 heteroatoms. The van der Waals surface area contributed by atoms with Crippen LogP contribution in [0.4, 0.5) is 5.82 Å². The SMILES string of the molecule is O=C(Nc1c(-c2ccccc2)nc2ccccn12)c1cccc(-n2cnnn2)c1. The third-order valence-electron chi connectivity index (χ3n) is 4.53. The summed E-state index contributed by atoms with van der Waals surface area (Å²) < 4.78 is 3.37. The highest BCUT2D eigenvalue weighted by Crippen LogP contribution is 2.29. The third-order valence-corrected chi connectivity index (χ3v) is 4.53. The molecule has 0 atom stereocenters. The number of tetrazole rings is 1. The summed E-state index contributed by atoms with van der Waals surface area (Å²) in [6, 6.07) is 22.6. The van der Waals surface area contributed by atoms with Crippen LogP contribution in [0.25, 0.3) is 22.6 Å². The van der Waals surface area contributed by atoms with Crippen LogP contribution in [-0.4, -0.2) is 35.5 Å². The van der Waals surface area contributed by atoms with Gasteiger partial charge < -0.3 is 5.32 Å². The van der Waals surface area contributed by atoms with Crippen molar-refractivity contribution < 1.29 is 4.79 Å². The van der Waals surface area contributed by atoms with Crippen LogP contribution in [-0.2, 0) is 0 Å². The highest BCUT2D eigenvalue weighted by molar-refractivity contribution is 6.06. The van der Waals surface area contributed by atoms with Crippen molar-refractivity contribution in [1.82, 2.24) is 29.6 Å². The summed E-state index contributed by atoms with van der Waals surface area (Å²) in [7, 11) is 0. The molecular weight excluding hydrogens is 366 g/mol. The smallest absolute Gasteiger partial charge is 0.256 e. The zero-order valence-corrected chi connectivity index (χ0v) is 15.2. The predicted molar refractivity (Wildman–Crippen MR) is 108 cm³/mol. The number of hydrogen-bond donors (Lipinski definition) is 1. The molecule has 0 fully saturated rings. The first kappa shape index (κ1) is 16.8. The Hall–Kier alpha value is -4.33. The van der Waals surface area contributed by atoms with Crippen molar-refractivity contribution in [1.29, 1.82) is 0 Å². The van der Waals surface area contributed by atoms with Gasteiger partial charge in [0.1, 0.15) is 23.5 Å². The Morgan fingerprint density at radius 1 is 0.931 bits per heavy atom. The van der Waals surface area contributed by atoms with Gasteiger partial charge >= 0.3 is 0 Å². The number of anilines is 1. The molecule has 0 aliphatic heterocycles. The van der Waals surface area contributed by atoms with E-state index in [9.17, 15) is 4.79 Å². The van der Waals surface area contributed by atoms with Crippen molar-refractivity contribution in [3.05, 3.63) is 90.9 Å². The minimum Gasteiger partial charge on any atom is -0.306 e. The summed E-state index contributed by atoms with van der Waals surface area (Å²) in [5.74, 6) is 0.368. The van der Waals surface area contributed by atoms with E-state index >= 15 is 0 Å². The van der Waals surface area contributed by atoms with E-state index in [-0.39, 0.29) is 5.91 Å². The van der Waals surface area contributed by atoms with Gasteiger partial charge in [0, 0.05) is 17.3 Å². The second-order valence-corrected chi connectivity index (χ2v) is 6.36. The molecule has 1 N–H and O–H groups in total. The summed E-state index contributed by atoms with van der Waals surface area (Å²) in [6.45, 7) is 0. The van der Waals surface area contributed by atoms with Gasteiger partial charge in [-0.3, -0.25) is 9.20 Å². The molecule has 0 saturated heterocycles. The average molecular weight is 381 g/mol. The van der Waals surface area contributed by atoms with Crippen LogP contribution in [0.5, 0.6) is 0 Å². The van der Waals surface area contributed by atoms with Crippen molar-refractivity contribution in [3.8, 4) is 16.9 Å². The summed E-state index contributed by atoms with van der Waals surface area (Å²) in [5, 5.41) is 14.2. The molecule has 0 spiro atoms. The first-order valence-electron chi connectivity index (χ1n) is 8.97. The Balaban J connectivity index is 1.55. The molecule has 0 bridgehead atoms. The van der Waals surface area contributed by atoms with Crippen molar-refractivity contribution in [2.45, 2.75) is 0 Å². The molecule has 8 nitrogen and oxygen atoms in total. The lowest BCUT2D eigenvalue weighted by Crippen LogP contribution is -2.14. The molecule has 1 amide bonds. The van der Waals surface area contributed by atoms with Crippen LogP contribution < -0.4 is 5.32 Å². The topological polar surface area (TPSA) is 90.0 Å². The second-order valence-electron chi connectivity index (χ2n) is 6.36. The molecule has 3 aromatic heterocycles. The number of pyridine rings is 1. The fraction of sp³-hybridized carbons (Fsp3) is 0. The number of amides is 1. The van der Waals surface area contributed by atoms with Gasteiger partial charge in [0.25, 0.3) is 5.91 Å². The standard InChI is InChI=1S/C21H15N7O/c29-21(16-9-6-10-17(13-16)28-14-22-25-26-28)24-20-19(15-7-2-1-3-8-15)23-18-11-4-5-12-27(18)20/h1-14H,(H,24,29). The van der Waals surface area contributed by atoms with E-state index in [1.54, 1.807) is 18.2 Å². The zero-order chi connectivity index (χ0) is 19.6. The summed E-state index contributed by atoms with van der Waals surface area (Å²) in [6.07, 6.45) is 3.36. The molecule has 3 heterocycles. The van der Waals surface area contributed by atoms with E-state index in [1.807, 2.05) is 65.2 Å². The largest absolute Gasteiger partial charge is 0.306 e. The molecule has 29 heavy (non-hydrogen) atoms. The minimum absolute atomic E-state index is 0.247. The normalized spacial score (nSPS) is 10.9. The number of fused-ring (bicyclic) bond motifs is 1. The minimum atomic E-state index is -0.247. The fourth-order valence-electron chi connectivity index (χ4n) is 3.16. The van der Waals surface area contributed by atoms with Crippen LogP contribution >= 0.6 is 0 Å². The van der Waals surface area contributed by atoms with Gasteiger partial charge in [-0.1, -0.05) is 42.5 Å². The molecule has 5 aromatic rings. The van der Waals surface area contributed by atoms with Gasteiger partial charge in [-0.25, -0.2) is 9.67 Å². The Morgan fingerprint density at radius 2 is 1.79 bits per heavy atom. The number of aromatic nitrogens is 6. The van der Waals surface area contributed by atoms with Gasteiger partial charge in [-0.15, -0.1) is 5.10 Å². The molecule has 0 radical (unpaired) electrons. The first-order valence-corrected chi connectivity index (χ1v) is 8.97. The van der Waals surface area contributed by atoms with Crippen molar-refractivity contribution in [2.24, 2.45) is 0 Å². The molecular formula is C21H15N7O. The Bertz CT molecular complexity index is 1290. The van der Waals surface area contributed by atoms with Gasteiger partial charge in [0.15, 0.2) is 0 Å². The number of nitrogens with one attached hydrogen (secondary N) is 1. The summed E-state index contributed by atoms with van der Waals surface area (Å²) >= 11 is 0. The number of hydrogen-bond acceptors (Lipinski definition) is 5. The molecule has 140 valence electrons. The van der Waals surface area contributed by atoms with Crippen molar-refractivity contribution >= 4 is 17.4 Å². The summed E-state index contributed by atoms with van der Waals surface area (Å²) in [4.78, 5) is 17.8. The van der Waals surface area contributed by atoms with Crippen LogP contribution in [0.15, 0.2) is 85.3 Å². The van der Waals surface area contributed by atoms with Crippen LogP contribution in [0, 0.1) is 0 Å². The lowest BCUT2D eigenvalue weighted by Gasteiger charge is -2.09. The fourth-order valence-corrected chi connectivity index (χ4v) is 3.16. The number of benzene rings is 2. The van der Waals surface area contributed by atoms with Gasteiger partial charge in [0.05, 0.1) is 5.69 Å². The first-order chi connectivity index (χ1) is 14.3. The maximum Gasteiger partial charge on any atom is 0.256 e. The Morgan fingerprint density at radius 3 is 2.62 bits per heavy atom. The van der Waals surface area contributed by atoms with Crippen LogP contribution in [0.1, 0.15) is 10.4 Å². The predicted octanol–water partition coefficient (Wildman–Crippen LogP) is 3.23. The molecule has 0 saturated carbocycles. The Kier molecular flexibility index (Phi) is 4.06.